The highest BCUT2D eigenvalue weighted by Gasteiger charge is 2.26. The van der Waals surface area contributed by atoms with Crippen molar-refractivity contribution in [1.29, 1.82) is 0 Å². The van der Waals surface area contributed by atoms with Crippen molar-refractivity contribution in [3.8, 4) is 11.1 Å². The standard InChI is InChI=1S/C19H22F3N3O6S2/c1-32(28,29)11-33(30,31)24-10-15-7-6-14(9-23-15)12-2-4-13(5-3-12)17(26)16(8-20)25-19(27)18(21)22/h2-7,9,16-18,24,26H,8,10-11H2,1H3,(H,25,27). The average molecular weight is 510 g/mol. The summed E-state index contributed by atoms with van der Waals surface area (Å²) < 4.78 is 85.7. The number of benzene rings is 1. The third-order valence-electron chi connectivity index (χ3n) is 4.33. The highest BCUT2D eigenvalue weighted by molar-refractivity contribution is 8.06. The highest BCUT2D eigenvalue weighted by atomic mass is 32.3. The van der Waals surface area contributed by atoms with E-state index in [0.29, 0.717) is 16.8 Å². The Morgan fingerprint density at radius 1 is 1.06 bits per heavy atom. The fourth-order valence-corrected chi connectivity index (χ4v) is 5.72. The van der Waals surface area contributed by atoms with Crippen LogP contribution in [0.4, 0.5) is 13.2 Å². The molecule has 1 aromatic carbocycles. The number of hydrogen-bond donors (Lipinski definition) is 3. The van der Waals surface area contributed by atoms with Crippen LogP contribution in [0, 0.1) is 0 Å². The van der Waals surface area contributed by atoms with E-state index in [-0.39, 0.29) is 12.1 Å². The van der Waals surface area contributed by atoms with Gasteiger partial charge in [-0.3, -0.25) is 9.78 Å². The SMILES string of the molecule is CS(=O)(=O)CS(=O)(=O)NCc1ccc(-c2ccc(C(O)C(CF)NC(=O)C(F)F)cc2)cn1. The first-order valence-corrected chi connectivity index (χ1v) is 13.1. The Labute approximate surface area is 189 Å². The van der Waals surface area contributed by atoms with Crippen LogP contribution in [0.25, 0.3) is 11.1 Å². The quantitative estimate of drug-likeness (QED) is 0.409. The fourth-order valence-electron chi connectivity index (χ4n) is 2.76. The number of carbonyl (C=O) groups excluding carboxylic acids is 1. The molecular weight excluding hydrogens is 487 g/mol. The van der Waals surface area contributed by atoms with Crippen molar-refractivity contribution in [1.82, 2.24) is 15.0 Å². The second-order valence-corrected chi connectivity index (χ2v) is 11.5. The lowest BCUT2D eigenvalue weighted by Gasteiger charge is -2.22. The number of nitrogens with one attached hydrogen (secondary N) is 2. The number of halogens is 3. The van der Waals surface area contributed by atoms with E-state index in [4.69, 9.17) is 0 Å². The van der Waals surface area contributed by atoms with Gasteiger partial charge < -0.3 is 10.4 Å². The number of rotatable bonds is 11. The van der Waals surface area contributed by atoms with Crippen LogP contribution in [-0.2, 0) is 31.2 Å². The monoisotopic (exact) mass is 509 g/mol. The van der Waals surface area contributed by atoms with Crippen LogP contribution in [0.2, 0.25) is 0 Å². The van der Waals surface area contributed by atoms with Crippen molar-refractivity contribution in [2.75, 3.05) is 18.0 Å². The predicted octanol–water partition coefficient (Wildman–Crippen LogP) is 0.923. The largest absolute Gasteiger partial charge is 0.386 e. The topological polar surface area (TPSA) is 143 Å². The van der Waals surface area contributed by atoms with E-state index >= 15 is 0 Å². The summed E-state index contributed by atoms with van der Waals surface area (Å²) in [5.74, 6) is -1.68. The number of amides is 1. The van der Waals surface area contributed by atoms with Crippen LogP contribution in [-0.4, -0.2) is 63.3 Å². The molecule has 2 rings (SSSR count). The van der Waals surface area contributed by atoms with Crippen LogP contribution in [0.3, 0.4) is 0 Å². The normalized spacial score (nSPS) is 14.1. The molecule has 3 N–H and O–H groups in total. The van der Waals surface area contributed by atoms with Crippen molar-refractivity contribution >= 4 is 25.8 Å². The van der Waals surface area contributed by atoms with E-state index in [0.717, 1.165) is 6.26 Å². The zero-order valence-corrected chi connectivity index (χ0v) is 18.9. The first-order chi connectivity index (χ1) is 15.3. The van der Waals surface area contributed by atoms with Crippen LogP contribution in [0.1, 0.15) is 17.4 Å². The van der Waals surface area contributed by atoms with E-state index < -0.39 is 56.1 Å². The second-order valence-electron chi connectivity index (χ2n) is 7.15. The van der Waals surface area contributed by atoms with Gasteiger partial charge in [0.1, 0.15) is 12.8 Å². The summed E-state index contributed by atoms with van der Waals surface area (Å²) >= 11 is 0. The molecule has 33 heavy (non-hydrogen) atoms. The lowest BCUT2D eigenvalue weighted by atomic mass is 9.99. The molecule has 0 saturated carbocycles. The van der Waals surface area contributed by atoms with Gasteiger partial charge in [-0.1, -0.05) is 30.3 Å². The predicted molar refractivity (Wildman–Crippen MR) is 114 cm³/mol. The number of hydrogen-bond acceptors (Lipinski definition) is 7. The van der Waals surface area contributed by atoms with Gasteiger partial charge in [-0.05, 0) is 17.2 Å². The molecule has 9 nitrogen and oxygen atoms in total. The molecule has 0 bridgehead atoms. The van der Waals surface area contributed by atoms with Gasteiger partial charge in [0.2, 0.25) is 10.0 Å². The Bertz CT molecular complexity index is 1160. The maximum atomic E-state index is 13.1. The van der Waals surface area contributed by atoms with Gasteiger partial charge in [0.25, 0.3) is 5.91 Å². The van der Waals surface area contributed by atoms with Crippen molar-refractivity contribution in [3.05, 3.63) is 53.9 Å². The molecule has 1 aromatic heterocycles. The molecule has 1 heterocycles. The summed E-state index contributed by atoms with van der Waals surface area (Å²) in [4.78, 5) is 15.2. The highest BCUT2D eigenvalue weighted by Crippen LogP contribution is 2.23. The smallest absolute Gasteiger partial charge is 0.315 e. The first-order valence-electron chi connectivity index (χ1n) is 9.34. The van der Waals surface area contributed by atoms with Gasteiger partial charge >= 0.3 is 6.43 Å². The zero-order chi connectivity index (χ0) is 24.8. The molecule has 1 amide bonds. The summed E-state index contributed by atoms with van der Waals surface area (Å²) in [6, 6.07) is 7.62. The lowest BCUT2D eigenvalue weighted by molar-refractivity contribution is -0.133. The van der Waals surface area contributed by atoms with Crippen molar-refractivity contribution in [2.24, 2.45) is 0 Å². The molecule has 0 radical (unpaired) electrons. The zero-order valence-electron chi connectivity index (χ0n) is 17.3. The van der Waals surface area contributed by atoms with E-state index in [2.05, 4.69) is 9.71 Å². The van der Waals surface area contributed by atoms with Gasteiger partial charge in [-0.15, -0.1) is 0 Å². The summed E-state index contributed by atoms with van der Waals surface area (Å²) in [6.07, 6.45) is -2.63. The molecule has 2 unspecified atom stereocenters. The molecule has 2 aromatic rings. The van der Waals surface area contributed by atoms with Gasteiger partial charge in [-0.2, -0.15) is 8.78 Å². The van der Waals surface area contributed by atoms with Gasteiger partial charge in [0.05, 0.1) is 18.3 Å². The summed E-state index contributed by atoms with van der Waals surface area (Å²) in [7, 11) is -7.75. The number of sulfonamides is 1. The number of alkyl halides is 3. The molecule has 0 fully saturated rings. The molecule has 0 aliphatic heterocycles. The molecule has 14 heteroatoms. The summed E-state index contributed by atoms with van der Waals surface area (Å²) in [6.45, 7) is -1.46. The Morgan fingerprint density at radius 2 is 1.67 bits per heavy atom. The minimum atomic E-state index is -4.03. The molecular formula is C19H22F3N3O6S2. The number of aromatic nitrogens is 1. The van der Waals surface area contributed by atoms with Crippen LogP contribution in [0.5, 0.6) is 0 Å². The second kappa shape index (κ2) is 11.0. The van der Waals surface area contributed by atoms with Crippen molar-refractivity contribution in [3.63, 3.8) is 0 Å². The minimum absolute atomic E-state index is 0.195. The van der Waals surface area contributed by atoms with E-state index in [1.165, 1.54) is 24.4 Å². The molecule has 0 aliphatic carbocycles. The van der Waals surface area contributed by atoms with E-state index in [1.807, 2.05) is 0 Å². The Morgan fingerprint density at radius 3 is 2.15 bits per heavy atom. The molecule has 0 spiro atoms. The summed E-state index contributed by atoms with van der Waals surface area (Å²) in [5, 5.41) is 10.9. The van der Waals surface area contributed by atoms with Crippen molar-refractivity contribution < 1.29 is 39.9 Å². The minimum Gasteiger partial charge on any atom is -0.386 e. The molecule has 182 valence electrons. The number of carbonyl (C=O) groups is 1. The molecule has 2 atom stereocenters. The maximum absolute atomic E-state index is 13.1. The van der Waals surface area contributed by atoms with Crippen LogP contribution in [0.15, 0.2) is 42.6 Å². The average Bonchev–Trinajstić information content (AvgIpc) is 2.74. The number of pyridine rings is 1. The first kappa shape index (κ1) is 26.7. The molecule has 0 aliphatic rings. The van der Waals surface area contributed by atoms with Crippen LogP contribution >= 0.6 is 0 Å². The Kier molecular flexibility index (Phi) is 8.94. The number of aliphatic hydroxyl groups excluding tert-OH is 1. The number of nitrogens with zero attached hydrogens (tertiary/aromatic N) is 1. The van der Waals surface area contributed by atoms with E-state index in [1.54, 1.807) is 23.5 Å². The van der Waals surface area contributed by atoms with Gasteiger partial charge in [-0.25, -0.2) is 25.9 Å². The number of sulfone groups is 1. The molecule has 0 saturated heterocycles. The van der Waals surface area contributed by atoms with Crippen LogP contribution < -0.4 is 10.0 Å². The maximum Gasteiger partial charge on any atom is 0.315 e. The Hall–Kier alpha value is -2.55. The fraction of sp³-hybridized carbons (Fsp3) is 0.368. The van der Waals surface area contributed by atoms with Gasteiger partial charge in [0.15, 0.2) is 14.9 Å². The number of aliphatic hydroxyl groups is 1. The van der Waals surface area contributed by atoms with E-state index in [9.17, 15) is 39.9 Å². The summed E-state index contributed by atoms with van der Waals surface area (Å²) in [5.41, 5.74) is 1.78. The van der Waals surface area contributed by atoms with Crippen molar-refractivity contribution in [2.45, 2.75) is 25.1 Å². The third kappa shape index (κ3) is 8.38. The Balaban J connectivity index is 2.05. The van der Waals surface area contributed by atoms with Gasteiger partial charge in [0, 0.05) is 18.0 Å². The lowest BCUT2D eigenvalue weighted by Crippen LogP contribution is -2.43. The third-order valence-corrected chi connectivity index (χ3v) is 7.86.